The van der Waals surface area contributed by atoms with E-state index < -0.39 is 5.82 Å². The summed E-state index contributed by atoms with van der Waals surface area (Å²) >= 11 is 0. The Labute approximate surface area is 168 Å². The van der Waals surface area contributed by atoms with Crippen LogP contribution in [0.15, 0.2) is 42.5 Å². The lowest BCUT2D eigenvalue weighted by atomic mass is 10.1. The van der Waals surface area contributed by atoms with Gasteiger partial charge in [-0.05, 0) is 30.3 Å². The number of amides is 2. The van der Waals surface area contributed by atoms with E-state index in [4.69, 9.17) is 14.2 Å². The summed E-state index contributed by atoms with van der Waals surface area (Å²) in [7, 11) is 3.05. The maximum Gasteiger partial charge on any atom is 0.260 e. The van der Waals surface area contributed by atoms with E-state index >= 15 is 0 Å². The van der Waals surface area contributed by atoms with Crippen molar-refractivity contribution in [1.82, 2.24) is 9.80 Å². The number of carbonyl (C=O) groups is 2. The Balaban J connectivity index is 1.53. The third kappa shape index (κ3) is 4.96. The molecule has 3 rings (SSSR count). The predicted molar refractivity (Wildman–Crippen MR) is 104 cm³/mol. The topological polar surface area (TPSA) is 68.3 Å². The molecule has 8 heteroatoms. The van der Waals surface area contributed by atoms with E-state index in [0.717, 1.165) is 0 Å². The average Bonchev–Trinajstić information content (AvgIpc) is 2.76. The molecule has 0 radical (unpaired) electrons. The summed E-state index contributed by atoms with van der Waals surface area (Å²) in [5, 5.41) is 0. The van der Waals surface area contributed by atoms with Crippen molar-refractivity contribution < 1.29 is 28.2 Å². The molecule has 29 heavy (non-hydrogen) atoms. The number of piperazine rings is 1. The van der Waals surface area contributed by atoms with Crippen LogP contribution in [0, 0.1) is 5.82 Å². The second-order valence-corrected chi connectivity index (χ2v) is 6.49. The number of benzene rings is 2. The molecule has 0 aromatic heterocycles. The van der Waals surface area contributed by atoms with Gasteiger partial charge in [-0.3, -0.25) is 9.59 Å². The van der Waals surface area contributed by atoms with Crippen molar-refractivity contribution in [2.24, 2.45) is 0 Å². The zero-order valence-electron chi connectivity index (χ0n) is 16.4. The van der Waals surface area contributed by atoms with Crippen LogP contribution in [0.1, 0.15) is 10.4 Å². The fraction of sp³-hybridized carbons (Fsp3) is 0.333. The summed E-state index contributed by atoms with van der Waals surface area (Å²) in [5.41, 5.74) is 0.497. The van der Waals surface area contributed by atoms with Crippen molar-refractivity contribution in [3.63, 3.8) is 0 Å². The molecule has 1 heterocycles. The van der Waals surface area contributed by atoms with E-state index in [1.54, 1.807) is 34.1 Å². The lowest BCUT2D eigenvalue weighted by Gasteiger charge is -2.34. The van der Waals surface area contributed by atoms with Gasteiger partial charge in [0.05, 0.1) is 14.2 Å². The SMILES string of the molecule is COc1ccc(C(=O)N2CCN(C(=O)COc3cccc(F)c3)CC2)cc1OC. The lowest BCUT2D eigenvalue weighted by Crippen LogP contribution is -2.51. The van der Waals surface area contributed by atoms with Gasteiger partial charge in [-0.1, -0.05) is 6.07 Å². The van der Waals surface area contributed by atoms with Crippen LogP contribution in [0.3, 0.4) is 0 Å². The number of methoxy groups -OCH3 is 2. The van der Waals surface area contributed by atoms with Gasteiger partial charge < -0.3 is 24.0 Å². The first-order valence-corrected chi connectivity index (χ1v) is 9.19. The molecule has 0 saturated carbocycles. The van der Waals surface area contributed by atoms with Crippen LogP contribution < -0.4 is 14.2 Å². The van der Waals surface area contributed by atoms with Gasteiger partial charge in [-0.2, -0.15) is 0 Å². The third-order valence-electron chi connectivity index (χ3n) is 4.71. The molecule has 2 aromatic carbocycles. The number of nitrogens with zero attached hydrogens (tertiary/aromatic N) is 2. The molecule has 154 valence electrons. The first kappa shape index (κ1) is 20.4. The molecule has 0 N–H and O–H groups in total. The Morgan fingerprint density at radius 1 is 0.931 bits per heavy atom. The van der Waals surface area contributed by atoms with E-state index in [-0.39, 0.29) is 18.4 Å². The van der Waals surface area contributed by atoms with Gasteiger partial charge in [-0.15, -0.1) is 0 Å². The maximum atomic E-state index is 13.2. The molecule has 0 unspecified atom stereocenters. The Morgan fingerprint density at radius 2 is 1.62 bits per heavy atom. The second-order valence-electron chi connectivity index (χ2n) is 6.49. The fourth-order valence-electron chi connectivity index (χ4n) is 3.10. The van der Waals surface area contributed by atoms with Gasteiger partial charge in [0.1, 0.15) is 11.6 Å². The summed E-state index contributed by atoms with van der Waals surface area (Å²) in [4.78, 5) is 28.4. The number of halogens is 1. The number of hydrogen-bond acceptors (Lipinski definition) is 5. The molecule has 1 aliphatic rings. The highest BCUT2D eigenvalue weighted by molar-refractivity contribution is 5.95. The Hall–Kier alpha value is -3.29. The Morgan fingerprint density at radius 3 is 2.28 bits per heavy atom. The zero-order chi connectivity index (χ0) is 20.8. The fourth-order valence-corrected chi connectivity index (χ4v) is 3.10. The van der Waals surface area contributed by atoms with Gasteiger partial charge in [-0.25, -0.2) is 4.39 Å². The molecule has 0 spiro atoms. The molecule has 2 amide bonds. The molecule has 0 aliphatic carbocycles. The minimum atomic E-state index is -0.419. The van der Waals surface area contributed by atoms with Crippen LogP contribution in [0.5, 0.6) is 17.2 Å². The van der Waals surface area contributed by atoms with E-state index in [0.29, 0.717) is 49.0 Å². The van der Waals surface area contributed by atoms with Crippen LogP contribution in [0.25, 0.3) is 0 Å². The minimum absolute atomic E-state index is 0.130. The smallest absolute Gasteiger partial charge is 0.260 e. The molecule has 0 atom stereocenters. The van der Waals surface area contributed by atoms with Crippen LogP contribution in [-0.2, 0) is 4.79 Å². The van der Waals surface area contributed by atoms with Crippen molar-refractivity contribution >= 4 is 11.8 Å². The highest BCUT2D eigenvalue weighted by Crippen LogP contribution is 2.28. The maximum absolute atomic E-state index is 13.2. The van der Waals surface area contributed by atoms with Crippen molar-refractivity contribution in [2.75, 3.05) is 47.0 Å². The van der Waals surface area contributed by atoms with Gasteiger partial charge in [0, 0.05) is 37.8 Å². The molecule has 2 aromatic rings. The number of hydrogen-bond donors (Lipinski definition) is 0. The molecule has 0 bridgehead atoms. The van der Waals surface area contributed by atoms with E-state index in [1.165, 1.54) is 32.4 Å². The third-order valence-corrected chi connectivity index (χ3v) is 4.71. The largest absolute Gasteiger partial charge is 0.493 e. The highest BCUT2D eigenvalue weighted by atomic mass is 19.1. The van der Waals surface area contributed by atoms with Crippen molar-refractivity contribution in [2.45, 2.75) is 0 Å². The summed E-state index contributed by atoms with van der Waals surface area (Å²) < 4.78 is 29.0. The van der Waals surface area contributed by atoms with Gasteiger partial charge in [0.2, 0.25) is 0 Å². The summed E-state index contributed by atoms with van der Waals surface area (Å²) in [6, 6.07) is 10.7. The molecular weight excluding hydrogens is 379 g/mol. The first-order valence-electron chi connectivity index (χ1n) is 9.19. The highest BCUT2D eigenvalue weighted by Gasteiger charge is 2.25. The Kier molecular flexibility index (Phi) is 6.54. The molecule has 7 nitrogen and oxygen atoms in total. The average molecular weight is 402 g/mol. The standard InChI is InChI=1S/C21H23FN2O5/c1-27-18-7-6-15(12-19(18)28-2)21(26)24-10-8-23(9-11-24)20(25)14-29-17-5-3-4-16(22)13-17/h3-7,12-13H,8-11,14H2,1-2H3. The summed E-state index contributed by atoms with van der Waals surface area (Å²) in [6.07, 6.45) is 0. The van der Waals surface area contributed by atoms with Crippen LogP contribution in [0.4, 0.5) is 4.39 Å². The zero-order valence-corrected chi connectivity index (χ0v) is 16.4. The minimum Gasteiger partial charge on any atom is -0.493 e. The summed E-state index contributed by atoms with van der Waals surface area (Å²) in [6.45, 7) is 1.47. The van der Waals surface area contributed by atoms with E-state index in [1.807, 2.05) is 0 Å². The quantitative estimate of drug-likeness (QED) is 0.741. The van der Waals surface area contributed by atoms with Gasteiger partial charge >= 0.3 is 0 Å². The first-order chi connectivity index (χ1) is 14.0. The molecule has 1 aliphatic heterocycles. The number of rotatable bonds is 6. The van der Waals surface area contributed by atoms with Gasteiger partial charge in [0.15, 0.2) is 18.1 Å². The van der Waals surface area contributed by atoms with Gasteiger partial charge in [0.25, 0.3) is 11.8 Å². The molecule has 1 saturated heterocycles. The lowest BCUT2D eigenvalue weighted by molar-refractivity contribution is -0.134. The van der Waals surface area contributed by atoms with Crippen molar-refractivity contribution in [1.29, 1.82) is 0 Å². The van der Waals surface area contributed by atoms with Crippen LogP contribution in [-0.4, -0.2) is 68.6 Å². The second kappa shape index (κ2) is 9.27. The van der Waals surface area contributed by atoms with Crippen molar-refractivity contribution in [3.8, 4) is 17.2 Å². The number of carbonyl (C=O) groups excluding carboxylic acids is 2. The van der Waals surface area contributed by atoms with Crippen molar-refractivity contribution in [3.05, 3.63) is 53.8 Å². The molecular formula is C21H23FN2O5. The Bertz CT molecular complexity index is 881. The summed E-state index contributed by atoms with van der Waals surface area (Å²) in [5.74, 6) is 0.596. The van der Waals surface area contributed by atoms with Crippen LogP contribution >= 0.6 is 0 Å². The predicted octanol–water partition coefficient (Wildman–Crippen LogP) is 2.21. The molecule has 1 fully saturated rings. The van der Waals surface area contributed by atoms with Crippen LogP contribution in [0.2, 0.25) is 0 Å². The van der Waals surface area contributed by atoms with E-state index in [2.05, 4.69) is 0 Å². The van der Waals surface area contributed by atoms with E-state index in [9.17, 15) is 14.0 Å². The normalized spacial score (nSPS) is 13.8. The number of ether oxygens (including phenoxy) is 3. The monoisotopic (exact) mass is 402 g/mol.